The molecule has 0 aromatic heterocycles. The average Bonchev–Trinajstić information content (AvgIpc) is 3.46. The van der Waals surface area contributed by atoms with Crippen molar-refractivity contribution < 1.29 is 28.6 Å². The molecule has 0 spiro atoms. The fourth-order valence-electron chi connectivity index (χ4n) is 9.01. The predicted octanol–water partition coefficient (Wildman–Crippen LogP) is 22.9. The highest BCUT2D eigenvalue weighted by atomic mass is 16.6. The minimum absolute atomic E-state index is 0.100. The highest BCUT2D eigenvalue weighted by Crippen LogP contribution is 2.16. The quantitative estimate of drug-likeness (QED) is 0.0261. The van der Waals surface area contributed by atoms with Crippen LogP contribution in [0.1, 0.15) is 297 Å². The molecule has 1 unspecified atom stereocenters. The van der Waals surface area contributed by atoms with Crippen LogP contribution in [0.4, 0.5) is 0 Å². The van der Waals surface area contributed by atoms with E-state index in [-0.39, 0.29) is 37.5 Å². The maximum Gasteiger partial charge on any atom is 0.306 e. The van der Waals surface area contributed by atoms with Crippen LogP contribution < -0.4 is 0 Å². The van der Waals surface area contributed by atoms with Crippen molar-refractivity contribution in [1.82, 2.24) is 0 Å². The van der Waals surface area contributed by atoms with Crippen molar-refractivity contribution in [3.8, 4) is 0 Å². The van der Waals surface area contributed by atoms with Crippen LogP contribution in [0, 0.1) is 0 Å². The highest BCUT2D eigenvalue weighted by Gasteiger charge is 2.19. The second kappa shape index (κ2) is 67.1. The van der Waals surface area contributed by atoms with Crippen LogP contribution in [0.3, 0.4) is 0 Å². The standard InChI is InChI=1S/C74H122O6/c1-4-7-10-13-16-19-22-25-27-29-30-31-32-33-34-35-36-37-38-39-40-41-42-43-44-46-47-49-52-55-58-61-64-67-73(76)79-70-71(69-78-72(75)66-63-60-57-54-51-24-21-18-15-12-9-6-3)80-74(77)68-65-62-59-56-53-50-48-45-28-26-23-20-17-14-11-8-5-2/h7-8,10-11,16-17,19-20,25-28,30-31,33-34,36-37,48,50,56,59,71H,4-6,9,12-15,18,21-24,29,32,35,38-47,49,51-55,57-58,60-70H2,1-3H3/b10-7-,11-8-,19-16-,20-17-,27-25-,28-26-,31-30-,34-33-,37-36-,50-48-,59-56-. The molecule has 0 bridgehead atoms. The van der Waals surface area contributed by atoms with Crippen LogP contribution in [0.2, 0.25) is 0 Å². The second-order valence-corrected chi connectivity index (χ2v) is 21.6. The number of carbonyl (C=O) groups is 3. The summed E-state index contributed by atoms with van der Waals surface area (Å²) < 4.78 is 16.9. The van der Waals surface area contributed by atoms with Crippen LogP contribution in [0.15, 0.2) is 134 Å². The van der Waals surface area contributed by atoms with Crippen molar-refractivity contribution in [2.75, 3.05) is 13.2 Å². The minimum Gasteiger partial charge on any atom is -0.462 e. The van der Waals surface area contributed by atoms with Crippen molar-refractivity contribution in [2.24, 2.45) is 0 Å². The maximum atomic E-state index is 12.9. The van der Waals surface area contributed by atoms with Gasteiger partial charge in [-0.15, -0.1) is 0 Å². The Bertz CT molecular complexity index is 1700. The Kier molecular flexibility index (Phi) is 63.3. The van der Waals surface area contributed by atoms with Gasteiger partial charge in [0.2, 0.25) is 0 Å². The zero-order valence-electron chi connectivity index (χ0n) is 52.0. The number of rotatable bonds is 59. The lowest BCUT2D eigenvalue weighted by Gasteiger charge is -2.18. The van der Waals surface area contributed by atoms with Gasteiger partial charge in [0, 0.05) is 19.3 Å². The van der Waals surface area contributed by atoms with E-state index in [1.165, 1.54) is 135 Å². The first-order chi connectivity index (χ1) is 39.5. The summed E-state index contributed by atoms with van der Waals surface area (Å²) in [5, 5.41) is 0. The molecule has 0 aliphatic heterocycles. The fourth-order valence-corrected chi connectivity index (χ4v) is 9.01. The van der Waals surface area contributed by atoms with E-state index in [0.29, 0.717) is 19.3 Å². The molecular weight excluding hydrogens is 985 g/mol. The van der Waals surface area contributed by atoms with E-state index in [0.717, 1.165) is 116 Å². The van der Waals surface area contributed by atoms with Gasteiger partial charge in [0.1, 0.15) is 13.2 Å². The van der Waals surface area contributed by atoms with Gasteiger partial charge in [0.25, 0.3) is 0 Å². The van der Waals surface area contributed by atoms with E-state index >= 15 is 0 Å². The summed E-state index contributed by atoms with van der Waals surface area (Å²) in [6, 6.07) is 0. The molecule has 6 heteroatoms. The topological polar surface area (TPSA) is 78.9 Å². The lowest BCUT2D eigenvalue weighted by Crippen LogP contribution is -2.30. The van der Waals surface area contributed by atoms with Crippen LogP contribution in [-0.2, 0) is 28.6 Å². The number of ether oxygens (including phenoxy) is 3. The molecule has 1 atom stereocenters. The molecule has 0 heterocycles. The van der Waals surface area contributed by atoms with Gasteiger partial charge >= 0.3 is 17.9 Å². The molecule has 0 N–H and O–H groups in total. The van der Waals surface area contributed by atoms with E-state index in [2.05, 4.69) is 154 Å². The molecule has 80 heavy (non-hydrogen) atoms. The molecular formula is C74H122O6. The molecule has 6 nitrogen and oxygen atoms in total. The summed E-state index contributed by atoms with van der Waals surface area (Å²) >= 11 is 0. The normalized spacial score (nSPS) is 13.0. The lowest BCUT2D eigenvalue weighted by molar-refractivity contribution is -0.167. The third kappa shape index (κ3) is 64.4. The smallest absolute Gasteiger partial charge is 0.306 e. The molecule has 0 saturated carbocycles. The number of esters is 3. The first-order valence-electron chi connectivity index (χ1n) is 33.2. The Morgan fingerprint density at radius 2 is 0.500 bits per heavy atom. The highest BCUT2D eigenvalue weighted by molar-refractivity contribution is 5.71. The first-order valence-corrected chi connectivity index (χ1v) is 33.2. The Morgan fingerprint density at radius 3 is 0.800 bits per heavy atom. The Labute approximate surface area is 494 Å². The molecule has 0 aliphatic carbocycles. The monoisotopic (exact) mass is 1110 g/mol. The summed E-state index contributed by atoms with van der Waals surface area (Å²) in [6.07, 6.45) is 94.8. The molecule has 0 rings (SSSR count). The Morgan fingerprint density at radius 1 is 0.263 bits per heavy atom. The van der Waals surface area contributed by atoms with Gasteiger partial charge in [-0.1, -0.05) is 302 Å². The molecule has 454 valence electrons. The van der Waals surface area contributed by atoms with Crippen molar-refractivity contribution in [1.29, 1.82) is 0 Å². The summed E-state index contributed by atoms with van der Waals surface area (Å²) in [6.45, 7) is 6.37. The Balaban J connectivity index is 4.25. The summed E-state index contributed by atoms with van der Waals surface area (Å²) in [5.41, 5.74) is 0. The predicted molar refractivity (Wildman–Crippen MR) is 348 cm³/mol. The maximum absolute atomic E-state index is 12.9. The van der Waals surface area contributed by atoms with Crippen LogP contribution in [-0.4, -0.2) is 37.2 Å². The number of hydrogen-bond acceptors (Lipinski definition) is 6. The summed E-state index contributed by atoms with van der Waals surface area (Å²) in [4.78, 5) is 38.3. The second-order valence-electron chi connectivity index (χ2n) is 21.6. The number of unbranched alkanes of at least 4 members (excludes halogenated alkanes) is 26. The van der Waals surface area contributed by atoms with Gasteiger partial charge in [-0.2, -0.15) is 0 Å². The minimum atomic E-state index is -0.810. The fraction of sp³-hybridized carbons (Fsp3) is 0.662. The van der Waals surface area contributed by atoms with Crippen molar-refractivity contribution >= 4 is 17.9 Å². The molecule has 0 saturated heterocycles. The van der Waals surface area contributed by atoms with Crippen molar-refractivity contribution in [3.05, 3.63) is 134 Å². The average molecular weight is 1110 g/mol. The van der Waals surface area contributed by atoms with Gasteiger partial charge in [-0.25, -0.2) is 0 Å². The molecule has 0 amide bonds. The van der Waals surface area contributed by atoms with Gasteiger partial charge < -0.3 is 14.2 Å². The number of carbonyl (C=O) groups excluding carboxylic acids is 3. The van der Waals surface area contributed by atoms with E-state index < -0.39 is 6.10 Å². The van der Waals surface area contributed by atoms with Gasteiger partial charge in [-0.05, 0) is 109 Å². The number of allylic oxidation sites excluding steroid dienone is 22. The number of hydrogen-bond donors (Lipinski definition) is 0. The summed E-state index contributed by atoms with van der Waals surface area (Å²) in [7, 11) is 0. The van der Waals surface area contributed by atoms with E-state index in [4.69, 9.17) is 14.2 Å². The first kappa shape index (κ1) is 75.5. The van der Waals surface area contributed by atoms with Crippen molar-refractivity contribution in [3.63, 3.8) is 0 Å². The van der Waals surface area contributed by atoms with Gasteiger partial charge in [-0.3, -0.25) is 14.4 Å². The van der Waals surface area contributed by atoms with Crippen LogP contribution >= 0.6 is 0 Å². The largest absolute Gasteiger partial charge is 0.462 e. The third-order valence-electron chi connectivity index (χ3n) is 13.9. The van der Waals surface area contributed by atoms with E-state index in [1.807, 2.05) is 0 Å². The molecule has 0 fully saturated rings. The summed E-state index contributed by atoms with van der Waals surface area (Å²) in [5.74, 6) is -0.954. The lowest BCUT2D eigenvalue weighted by atomic mass is 10.0. The Hall–Kier alpha value is -4.45. The van der Waals surface area contributed by atoms with Crippen LogP contribution in [0.25, 0.3) is 0 Å². The molecule has 0 aromatic rings. The third-order valence-corrected chi connectivity index (χ3v) is 13.9. The van der Waals surface area contributed by atoms with Crippen LogP contribution in [0.5, 0.6) is 0 Å². The zero-order valence-corrected chi connectivity index (χ0v) is 52.0. The van der Waals surface area contributed by atoms with Gasteiger partial charge in [0.15, 0.2) is 6.10 Å². The van der Waals surface area contributed by atoms with E-state index in [1.54, 1.807) is 0 Å². The van der Waals surface area contributed by atoms with Crippen molar-refractivity contribution in [2.45, 2.75) is 303 Å². The molecule has 0 radical (unpaired) electrons. The molecule has 0 aromatic carbocycles. The molecule has 0 aliphatic rings. The van der Waals surface area contributed by atoms with Gasteiger partial charge in [0.05, 0.1) is 0 Å². The van der Waals surface area contributed by atoms with E-state index in [9.17, 15) is 14.4 Å². The zero-order chi connectivity index (χ0) is 57.8. The SMILES string of the molecule is CC/C=C\C/C=C\C/C=C\C/C=C\C/C=C\C/C=C\CCCCCCCCCCCCCCCCC(=O)OCC(COC(=O)CCCCCCCCCCCCCC)OC(=O)CCC/C=C\C/C=C\C/C=C\C/C=C\C/C=C\CC.